The van der Waals surface area contributed by atoms with Gasteiger partial charge in [0.05, 0.1) is 0 Å². The monoisotopic (exact) mass is 296 g/mol. The van der Waals surface area contributed by atoms with Crippen LogP contribution in [0.4, 0.5) is 4.39 Å². The van der Waals surface area contributed by atoms with Crippen LogP contribution in [-0.4, -0.2) is 25.1 Å². The standard InChI is InChI=1S/C16H25FN2O2/c1-11(2)7-9-19-16(20)12(3)21-15-5-4-13(6-8-18)10-14(15)17/h4-5,10-12H,6-9,18H2,1-3H3,(H,19,20). The smallest absolute Gasteiger partial charge is 0.260 e. The predicted octanol–water partition coefficient (Wildman–Crippen LogP) is 2.26. The molecule has 0 heterocycles. The molecule has 0 fully saturated rings. The van der Waals surface area contributed by atoms with Gasteiger partial charge in [0.15, 0.2) is 17.7 Å². The number of carbonyl (C=O) groups excluding carboxylic acids is 1. The van der Waals surface area contributed by atoms with E-state index in [0.717, 1.165) is 12.0 Å². The lowest BCUT2D eigenvalue weighted by atomic mass is 10.1. The maximum atomic E-state index is 13.9. The first-order chi connectivity index (χ1) is 9.93. The molecule has 4 nitrogen and oxygen atoms in total. The summed E-state index contributed by atoms with van der Waals surface area (Å²) in [5.41, 5.74) is 6.25. The number of carbonyl (C=O) groups is 1. The highest BCUT2D eigenvalue weighted by Gasteiger charge is 2.16. The maximum Gasteiger partial charge on any atom is 0.260 e. The summed E-state index contributed by atoms with van der Waals surface area (Å²) in [5, 5.41) is 2.78. The highest BCUT2D eigenvalue weighted by Crippen LogP contribution is 2.20. The van der Waals surface area contributed by atoms with Gasteiger partial charge < -0.3 is 15.8 Å². The lowest BCUT2D eigenvalue weighted by Crippen LogP contribution is -2.37. The van der Waals surface area contributed by atoms with E-state index < -0.39 is 11.9 Å². The molecule has 0 aliphatic rings. The number of benzene rings is 1. The molecule has 0 saturated carbocycles. The SMILES string of the molecule is CC(C)CCNC(=O)C(C)Oc1ccc(CCN)cc1F. The fourth-order valence-electron chi connectivity index (χ4n) is 1.83. The van der Waals surface area contributed by atoms with Gasteiger partial charge >= 0.3 is 0 Å². The van der Waals surface area contributed by atoms with Crippen molar-refractivity contribution >= 4 is 5.91 Å². The number of hydrogen-bond acceptors (Lipinski definition) is 3. The summed E-state index contributed by atoms with van der Waals surface area (Å²) in [6, 6.07) is 4.69. The molecule has 0 spiro atoms. The van der Waals surface area contributed by atoms with Crippen LogP contribution in [0.5, 0.6) is 5.75 Å². The van der Waals surface area contributed by atoms with Crippen LogP contribution in [0.25, 0.3) is 0 Å². The van der Waals surface area contributed by atoms with E-state index in [1.165, 1.54) is 12.1 Å². The summed E-state index contributed by atoms with van der Waals surface area (Å²) in [6.45, 7) is 6.85. The van der Waals surface area contributed by atoms with Crippen molar-refractivity contribution in [3.8, 4) is 5.75 Å². The molecule has 0 aliphatic heterocycles. The Morgan fingerprint density at radius 3 is 2.67 bits per heavy atom. The van der Waals surface area contributed by atoms with E-state index in [4.69, 9.17) is 10.5 Å². The van der Waals surface area contributed by atoms with Gasteiger partial charge in [-0.1, -0.05) is 19.9 Å². The van der Waals surface area contributed by atoms with Crippen LogP contribution in [0.2, 0.25) is 0 Å². The molecule has 3 N–H and O–H groups in total. The van der Waals surface area contributed by atoms with Gasteiger partial charge in [-0.3, -0.25) is 4.79 Å². The van der Waals surface area contributed by atoms with E-state index >= 15 is 0 Å². The Balaban J connectivity index is 2.53. The Morgan fingerprint density at radius 1 is 1.38 bits per heavy atom. The number of ether oxygens (including phenoxy) is 1. The van der Waals surface area contributed by atoms with Crippen molar-refractivity contribution in [2.75, 3.05) is 13.1 Å². The third kappa shape index (κ3) is 6.12. The molecule has 0 radical (unpaired) electrons. The second-order valence-corrected chi connectivity index (χ2v) is 5.54. The number of amides is 1. The Bertz CT molecular complexity index is 464. The van der Waals surface area contributed by atoms with Crippen molar-refractivity contribution in [2.45, 2.75) is 39.7 Å². The fraction of sp³-hybridized carbons (Fsp3) is 0.562. The molecule has 21 heavy (non-hydrogen) atoms. The minimum Gasteiger partial charge on any atom is -0.478 e. The molecule has 5 heteroatoms. The third-order valence-corrected chi connectivity index (χ3v) is 3.12. The van der Waals surface area contributed by atoms with Crippen molar-refractivity contribution in [3.63, 3.8) is 0 Å². The van der Waals surface area contributed by atoms with Crippen LogP contribution in [0.3, 0.4) is 0 Å². The van der Waals surface area contributed by atoms with Gasteiger partial charge in [0.25, 0.3) is 5.91 Å². The predicted molar refractivity (Wildman–Crippen MR) is 81.7 cm³/mol. The molecule has 1 atom stereocenters. The van der Waals surface area contributed by atoms with Crippen molar-refractivity contribution in [1.29, 1.82) is 0 Å². The number of rotatable bonds is 8. The van der Waals surface area contributed by atoms with E-state index in [1.54, 1.807) is 13.0 Å². The fourth-order valence-corrected chi connectivity index (χ4v) is 1.83. The van der Waals surface area contributed by atoms with Crippen molar-refractivity contribution in [1.82, 2.24) is 5.32 Å². The molecule has 1 amide bonds. The van der Waals surface area contributed by atoms with Gasteiger partial charge in [-0.05, 0) is 49.9 Å². The van der Waals surface area contributed by atoms with Crippen LogP contribution in [0.15, 0.2) is 18.2 Å². The van der Waals surface area contributed by atoms with Gasteiger partial charge in [0, 0.05) is 6.54 Å². The lowest BCUT2D eigenvalue weighted by molar-refractivity contribution is -0.127. The Morgan fingerprint density at radius 2 is 2.10 bits per heavy atom. The van der Waals surface area contributed by atoms with E-state index in [-0.39, 0.29) is 11.7 Å². The molecule has 1 rings (SSSR count). The zero-order chi connectivity index (χ0) is 15.8. The molecule has 0 saturated heterocycles. The number of hydrogen-bond donors (Lipinski definition) is 2. The van der Waals surface area contributed by atoms with Gasteiger partial charge in [-0.15, -0.1) is 0 Å². The second-order valence-electron chi connectivity index (χ2n) is 5.54. The number of halogens is 1. The largest absolute Gasteiger partial charge is 0.478 e. The van der Waals surface area contributed by atoms with Crippen molar-refractivity contribution in [2.24, 2.45) is 11.7 Å². The quantitative estimate of drug-likeness (QED) is 0.773. The van der Waals surface area contributed by atoms with Gasteiger partial charge in [-0.2, -0.15) is 0 Å². The molecule has 0 aliphatic carbocycles. The summed E-state index contributed by atoms with van der Waals surface area (Å²) in [6.07, 6.45) is 0.787. The second kappa shape index (κ2) is 8.62. The minimum atomic E-state index is -0.730. The summed E-state index contributed by atoms with van der Waals surface area (Å²) in [4.78, 5) is 11.8. The average molecular weight is 296 g/mol. The topological polar surface area (TPSA) is 64.3 Å². The Hall–Kier alpha value is -1.62. The van der Waals surface area contributed by atoms with Gasteiger partial charge in [-0.25, -0.2) is 4.39 Å². The first-order valence-electron chi connectivity index (χ1n) is 7.37. The number of nitrogens with two attached hydrogens (primary N) is 1. The molecule has 1 aromatic rings. The van der Waals surface area contributed by atoms with Crippen LogP contribution in [-0.2, 0) is 11.2 Å². The molecule has 1 unspecified atom stereocenters. The van der Waals surface area contributed by atoms with Gasteiger partial charge in [0.1, 0.15) is 0 Å². The zero-order valence-electron chi connectivity index (χ0n) is 13.0. The maximum absolute atomic E-state index is 13.9. The van der Waals surface area contributed by atoms with Crippen LogP contribution < -0.4 is 15.8 Å². The molecule has 1 aromatic carbocycles. The molecular formula is C16H25FN2O2. The Kier molecular flexibility index (Phi) is 7.15. The summed E-state index contributed by atoms with van der Waals surface area (Å²) >= 11 is 0. The van der Waals surface area contributed by atoms with E-state index in [2.05, 4.69) is 19.2 Å². The first-order valence-corrected chi connectivity index (χ1v) is 7.37. The molecular weight excluding hydrogens is 271 g/mol. The summed E-state index contributed by atoms with van der Waals surface area (Å²) in [7, 11) is 0. The summed E-state index contributed by atoms with van der Waals surface area (Å²) in [5.74, 6) is -0.0970. The zero-order valence-corrected chi connectivity index (χ0v) is 13.0. The van der Waals surface area contributed by atoms with E-state index in [1.807, 2.05) is 0 Å². The van der Waals surface area contributed by atoms with Gasteiger partial charge in [0.2, 0.25) is 0 Å². The average Bonchev–Trinajstić information content (AvgIpc) is 2.41. The van der Waals surface area contributed by atoms with Crippen molar-refractivity contribution in [3.05, 3.63) is 29.6 Å². The first kappa shape index (κ1) is 17.4. The van der Waals surface area contributed by atoms with E-state index in [0.29, 0.717) is 25.4 Å². The van der Waals surface area contributed by atoms with Crippen molar-refractivity contribution < 1.29 is 13.9 Å². The molecule has 0 bridgehead atoms. The molecule has 118 valence electrons. The lowest BCUT2D eigenvalue weighted by Gasteiger charge is -2.16. The summed E-state index contributed by atoms with van der Waals surface area (Å²) < 4.78 is 19.2. The number of nitrogens with one attached hydrogen (secondary N) is 1. The highest BCUT2D eigenvalue weighted by molar-refractivity contribution is 5.80. The highest BCUT2D eigenvalue weighted by atomic mass is 19.1. The van der Waals surface area contributed by atoms with Crippen LogP contribution >= 0.6 is 0 Å². The minimum absolute atomic E-state index is 0.0854. The third-order valence-electron chi connectivity index (χ3n) is 3.12. The van der Waals surface area contributed by atoms with Crippen LogP contribution in [0, 0.1) is 11.7 Å². The Labute approximate surface area is 125 Å². The molecule has 0 aromatic heterocycles. The normalized spacial score (nSPS) is 12.3. The van der Waals surface area contributed by atoms with Crippen LogP contribution in [0.1, 0.15) is 32.8 Å². The van der Waals surface area contributed by atoms with E-state index in [9.17, 15) is 9.18 Å².